The van der Waals surface area contributed by atoms with E-state index in [-0.39, 0.29) is 11.7 Å². The van der Waals surface area contributed by atoms with Gasteiger partial charge in [0, 0.05) is 18.5 Å². The first-order valence-corrected chi connectivity index (χ1v) is 9.71. The Hall–Kier alpha value is -3.18. The maximum absolute atomic E-state index is 14.2. The third-order valence-corrected chi connectivity index (χ3v) is 5.10. The van der Waals surface area contributed by atoms with E-state index in [1.54, 1.807) is 36.4 Å². The maximum Gasteiger partial charge on any atom is 0.252 e. The zero-order chi connectivity index (χ0) is 20.2. The van der Waals surface area contributed by atoms with Gasteiger partial charge in [-0.3, -0.25) is 4.79 Å². The maximum atomic E-state index is 14.2. The summed E-state index contributed by atoms with van der Waals surface area (Å²) in [7, 11) is 0. The Morgan fingerprint density at radius 1 is 1.00 bits per heavy atom. The summed E-state index contributed by atoms with van der Waals surface area (Å²) < 4.78 is 16.2. The van der Waals surface area contributed by atoms with Crippen LogP contribution in [0.2, 0.25) is 5.02 Å². The minimum absolute atomic E-state index is 0.229. The number of aromatic nitrogens is 2. The molecule has 0 saturated heterocycles. The molecule has 0 unspecified atom stereocenters. The summed E-state index contributed by atoms with van der Waals surface area (Å²) in [5.41, 5.74) is 2.81. The molecule has 3 aromatic carbocycles. The van der Waals surface area contributed by atoms with Gasteiger partial charge in [0.1, 0.15) is 11.6 Å². The number of amides is 1. The average Bonchev–Trinajstić information content (AvgIpc) is 3.07. The molecule has 0 fully saturated rings. The first kappa shape index (κ1) is 19.2. The third-order valence-electron chi connectivity index (χ3n) is 4.77. The molecule has 0 bridgehead atoms. The van der Waals surface area contributed by atoms with E-state index in [9.17, 15) is 9.18 Å². The predicted molar refractivity (Wildman–Crippen MR) is 113 cm³/mol. The third kappa shape index (κ3) is 4.15. The minimum Gasteiger partial charge on any atom is -0.352 e. The topological polar surface area (TPSA) is 46.9 Å². The number of benzene rings is 3. The summed E-state index contributed by atoms with van der Waals surface area (Å²) in [6.07, 6.45) is 0.513. The molecule has 4 aromatic rings. The van der Waals surface area contributed by atoms with Crippen LogP contribution in [-0.4, -0.2) is 22.0 Å². The number of halogens is 2. The molecule has 0 aliphatic rings. The summed E-state index contributed by atoms with van der Waals surface area (Å²) in [6, 6.07) is 21.4. The standard InChI is InChI=1S/C23H19ClFN3O/c24-18-9-3-2-8-17(18)23(29)26-14-13-22-27-20-11-5-6-12-21(20)28(22)15-16-7-1-4-10-19(16)25/h1-12H,13-15H2,(H,26,29). The molecule has 1 N–H and O–H groups in total. The van der Waals surface area contributed by atoms with E-state index >= 15 is 0 Å². The SMILES string of the molecule is O=C(NCCc1nc2ccccc2n1Cc1ccccc1F)c1ccccc1Cl. The van der Waals surface area contributed by atoms with E-state index in [0.29, 0.717) is 35.7 Å². The zero-order valence-corrected chi connectivity index (χ0v) is 16.4. The lowest BCUT2D eigenvalue weighted by molar-refractivity contribution is 0.0954. The number of carbonyl (C=O) groups excluding carboxylic acids is 1. The molecule has 0 radical (unpaired) electrons. The smallest absolute Gasteiger partial charge is 0.252 e. The van der Waals surface area contributed by atoms with Gasteiger partial charge in [0.15, 0.2) is 0 Å². The zero-order valence-electron chi connectivity index (χ0n) is 15.6. The highest BCUT2D eigenvalue weighted by atomic mass is 35.5. The first-order valence-electron chi connectivity index (χ1n) is 9.34. The van der Waals surface area contributed by atoms with Crippen molar-refractivity contribution < 1.29 is 9.18 Å². The van der Waals surface area contributed by atoms with Crippen molar-refractivity contribution in [1.82, 2.24) is 14.9 Å². The normalized spacial score (nSPS) is 11.0. The summed E-state index contributed by atoms with van der Waals surface area (Å²) in [6.45, 7) is 0.769. The van der Waals surface area contributed by atoms with Crippen LogP contribution in [0.1, 0.15) is 21.7 Å². The van der Waals surface area contributed by atoms with Gasteiger partial charge < -0.3 is 9.88 Å². The van der Waals surface area contributed by atoms with E-state index in [0.717, 1.165) is 16.9 Å². The monoisotopic (exact) mass is 407 g/mol. The fourth-order valence-corrected chi connectivity index (χ4v) is 3.54. The molecule has 0 saturated carbocycles. The lowest BCUT2D eigenvalue weighted by Gasteiger charge is -2.11. The van der Waals surface area contributed by atoms with Gasteiger partial charge in [-0.1, -0.05) is 54.1 Å². The van der Waals surface area contributed by atoms with Gasteiger partial charge >= 0.3 is 0 Å². The van der Waals surface area contributed by atoms with E-state index in [4.69, 9.17) is 11.6 Å². The van der Waals surface area contributed by atoms with Crippen molar-refractivity contribution in [2.24, 2.45) is 0 Å². The molecule has 4 nitrogen and oxygen atoms in total. The number of nitrogens with one attached hydrogen (secondary N) is 1. The lowest BCUT2D eigenvalue weighted by Crippen LogP contribution is -2.26. The van der Waals surface area contributed by atoms with Crippen LogP contribution < -0.4 is 5.32 Å². The molecule has 0 aliphatic carbocycles. The van der Waals surface area contributed by atoms with Gasteiger partial charge in [0.05, 0.1) is 28.2 Å². The Morgan fingerprint density at radius 3 is 2.55 bits per heavy atom. The molecule has 1 aromatic heterocycles. The fraction of sp³-hybridized carbons (Fsp3) is 0.130. The molecule has 4 rings (SSSR count). The van der Waals surface area contributed by atoms with Crippen molar-refractivity contribution in [2.45, 2.75) is 13.0 Å². The van der Waals surface area contributed by atoms with E-state index in [1.165, 1.54) is 6.07 Å². The Labute approximate surface area is 173 Å². The number of carbonyl (C=O) groups is 1. The first-order chi connectivity index (χ1) is 14.1. The number of para-hydroxylation sites is 2. The van der Waals surface area contributed by atoms with Crippen LogP contribution in [0.3, 0.4) is 0 Å². The summed E-state index contributed by atoms with van der Waals surface area (Å²) in [4.78, 5) is 17.1. The Morgan fingerprint density at radius 2 is 1.72 bits per heavy atom. The number of rotatable bonds is 6. The molecular weight excluding hydrogens is 389 g/mol. The van der Waals surface area contributed by atoms with Crippen molar-refractivity contribution in [3.05, 3.63) is 101 Å². The van der Waals surface area contributed by atoms with E-state index in [2.05, 4.69) is 10.3 Å². The van der Waals surface area contributed by atoms with Crippen molar-refractivity contribution in [3.63, 3.8) is 0 Å². The average molecular weight is 408 g/mol. The molecular formula is C23H19ClFN3O. The Balaban J connectivity index is 1.55. The highest BCUT2D eigenvalue weighted by Gasteiger charge is 2.14. The van der Waals surface area contributed by atoms with Gasteiger partial charge in [0.2, 0.25) is 0 Å². The van der Waals surface area contributed by atoms with Crippen LogP contribution in [0.5, 0.6) is 0 Å². The van der Waals surface area contributed by atoms with Crippen LogP contribution >= 0.6 is 11.6 Å². The highest BCUT2D eigenvalue weighted by Crippen LogP contribution is 2.20. The van der Waals surface area contributed by atoms with Crippen LogP contribution in [0, 0.1) is 5.82 Å². The number of hydrogen-bond donors (Lipinski definition) is 1. The molecule has 1 amide bonds. The van der Waals surface area contributed by atoms with Crippen molar-refractivity contribution in [2.75, 3.05) is 6.54 Å². The Kier molecular flexibility index (Phi) is 5.58. The quantitative estimate of drug-likeness (QED) is 0.496. The van der Waals surface area contributed by atoms with E-state index in [1.807, 2.05) is 34.9 Å². The number of fused-ring (bicyclic) bond motifs is 1. The summed E-state index contributed by atoms with van der Waals surface area (Å²) >= 11 is 6.09. The summed E-state index contributed by atoms with van der Waals surface area (Å²) in [5, 5.41) is 3.30. The molecule has 0 spiro atoms. The van der Waals surface area contributed by atoms with Gasteiger partial charge in [-0.05, 0) is 30.3 Å². The van der Waals surface area contributed by atoms with Gasteiger partial charge in [0.25, 0.3) is 5.91 Å². The fourth-order valence-electron chi connectivity index (χ4n) is 3.32. The second-order valence-corrected chi connectivity index (χ2v) is 7.09. The van der Waals surface area contributed by atoms with Crippen molar-refractivity contribution in [1.29, 1.82) is 0 Å². The van der Waals surface area contributed by atoms with Crippen LogP contribution in [0.25, 0.3) is 11.0 Å². The largest absolute Gasteiger partial charge is 0.352 e. The number of hydrogen-bond acceptors (Lipinski definition) is 2. The van der Waals surface area contributed by atoms with Crippen molar-refractivity contribution in [3.8, 4) is 0 Å². The van der Waals surface area contributed by atoms with Gasteiger partial charge in [-0.2, -0.15) is 0 Å². The van der Waals surface area contributed by atoms with Gasteiger partial charge in [-0.15, -0.1) is 0 Å². The predicted octanol–water partition coefficient (Wildman–Crippen LogP) is 4.85. The van der Waals surface area contributed by atoms with Crippen LogP contribution in [-0.2, 0) is 13.0 Å². The molecule has 0 atom stereocenters. The van der Waals surface area contributed by atoms with E-state index < -0.39 is 0 Å². The number of nitrogens with zero attached hydrogens (tertiary/aromatic N) is 2. The molecule has 6 heteroatoms. The second-order valence-electron chi connectivity index (χ2n) is 6.68. The highest BCUT2D eigenvalue weighted by molar-refractivity contribution is 6.33. The number of imidazole rings is 1. The summed E-state index contributed by atoms with van der Waals surface area (Å²) in [5.74, 6) is 0.310. The Bertz CT molecular complexity index is 1170. The van der Waals surface area contributed by atoms with Crippen LogP contribution in [0.15, 0.2) is 72.8 Å². The molecule has 1 heterocycles. The minimum atomic E-state index is -0.247. The molecule has 29 heavy (non-hydrogen) atoms. The van der Waals surface area contributed by atoms with Crippen LogP contribution in [0.4, 0.5) is 4.39 Å². The second kappa shape index (κ2) is 8.45. The van der Waals surface area contributed by atoms with Gasteiger partial charge in [-0.25, -0.2) is 9.37 Å². The molecule has 0 aliphatic heterocycles. The van der Waals surface area contributed by atoms with Crippen molar-refractivity contribution >= 4 is 28.5 Å². The molecule has 146 valence electrons. The lowest BCUT2D eigenvalue weighted by atomic mass is 10.2.